The molecule has 1 amide bonds. The minimum absolute atomic E-state index is 0.553. The second-order valence-electron chi connectivity index (χ2n) is 3.80. The second kappa shape index (κ2) is 4.31. The summed E-state index contributed by atoms with van der Waals surface area (Å²) in [7, 11) is 0. The van der Waals surface area contributed by atoms with Gasteiger partial charge in [0.15, 0.2) is 0 Å². The smallest absolute Gasteiger partial charge is 0.404 e. The lowest BCUT2D eigenvalue weighted by Gasteiger charge is -2.29. The lowest BCUT2D eigenvalue weighted by atomic mass is 9.87. The molecule has 0 aliphatic heterocycles. The number of hydrogen-bond donors (Lipinski definition) is 2. The first-order valence-corrected chi connectivity index (χ1v) is 5.38. The van der Waals surface area contributed by atoms with Gasteiger partial charge in [0.05, 0.1) is 0 Å². The van der Waals surface area contributed by atoms with Crippen molar-refractivity contribution in [3.63, 3.8) is 0 Å². The molecule has 86 valence electrons. The van der Waals surface area contributed by atoms with Crippen molar-refractivity contribution in [1.29, 1.82) is 0 Å². The third kappa shape index (κ3) is 2.13. The zero-order valence-corrected chi connectivity index (χ0v) is 9.28. The van der Waals surface area contributed by atoms with Crippen LogP contribution in [0.2, 0.25) is 5.02 Å². The molecule has 0 fully saturated rings. The van der Waals surface area contributed by atoms with Gasteiger partial charge in [0.25, 0.3) is 0 Å². The van der Waals surface area contributed by atoms with Crippen molar-refractivity contribution < 1.29 is 14.6 Å². The van der Waals surface area contributed by atoms with Gasteiger partial charge in [0.2, 0.25) is 0 Å². The van der Waals surface area contributed by atoms with Crippen LogP contribution in [0.1, 0.15) is 23.7 Å². The third-order valence-electron chi connectivity index (χ3n) is 2.74. The number of primary amides is 1. The first kappa shape index (κ1) is 11.2. The van der Waals surface area contributed by atoms with Gasteiger partial charge in [-0.05, 0) is 36.1 Å². The van der Waals surface area contributed by atoms with Crippen molar-refractivity contribution in [1.82, 2.24) is 0 Å². The standard InChI is InChI=1S/C11H12ClNO3/c12-7-3-1-6-2-4-9(16-11(13)15)10(14)8(6)5-7/h1,3,5,9-10,14H,2,4H2,(H2,13,15). The summed E-state index contributed by atoms with van der Waals surface area (Å²) in [5, 5.41) is 10.6. The van der Waals surface area contributed by atoms with Crippen molar-refractivity contribution in [3.05, 3.63) is 34.3 Å². The average Bonchev–Trinajstić information content (AvgIpc) is 2.22. The van der Waals surface area contributed by atoms with Gasteiger partial charge in [-0.3, -0.25) is 0 Å². The van der Waals surface area contributed by atoms with E-state index >= 15 is 0 Å². The summed E-state index contributed by atoms with van der Waals surface area (Å²) in [6.45, 7) is 0. The number of halogens is 1. The summed E-state index contributed by atoms with van der Waals surface area (Å²) in [6.07, 6.45) is -0.992. The van der Waals surface area contributed by atoms with Crippen LogP contribution in [-0.2, 0) is 11.2 Å². The average molecular weight is 242 g/mol. The summed E-state index contributed by atoms with van der Waals surface area (Å²) in [5.74, 6) is 0. The Morgan fingerprint density at radius 2 is 2.31 bits per heavy atom. The van der Waals surface area contributed by atoms with Gasteiger partial charge in [-0.25, -0.2) is 4.79 Å². The fourth-order valence-corrected chi connectivity index (χ4v) is 2.18. The summed E-state index contributed by atoms with van der Waals surface area (Å²) < 4.78 is 4.85. The number of aliphatic hydroxyl groups excluding tert-OH is 1. The molecule has 0 bridgehead atoms. The topological polar surface area (TPSA) is 72.6 Å². The van der Waals surface area contributed by atoms with Gasteiger partial charge in [0.1, 0.15) is 12.2 Å². The predicted octanol–water partition coefficient (Wildman–Crippen LogP) is 1.78. The second-order valence-corrected chi connectivity index (χ2v) is 4.24. The Labute approximate surface area is 98.0 Å². The molecule has 0 aromatic heterocycles. The summed E-state index contributed by atoms with van der Waals surface area (Å²) in [5.41, 5.74) is 6.68. The fraction of sp³-hybridized carbons (Fsp3) is 0.364. The van der Waals surface area contributed by atoms with Crippen molar-refractivity contribution in [2.24, 2.45) is 5.73 Å². The Balaban J connectivity index is 2.26. The predicted molar refractivity (Wildman–Crippen MR) is 59.2 cm³/mol. The SMILES string of the molecule is NC(=O)OC1CCc2ccc(Cl)cc2C1O. The number of fused-ring (bicyclic) bond motifs is 1. The molecular formula is C11H12ClNO3. The van der Waals surface area contributed by atoms with E-state index in [1.807, 2.05) is 6.07 Å². The molecule has 0 radical (unpaired) electrons. The normalized spacial score (nSPS) is 23.6. The first-order valence-electron chi connectivity index (χ1n) is 5.00. The number of carbonyl (C=O) groups is 1. The number of aliphatic hydroxyl groups is 1. The Bertz CT molecular complexity index is 422. The molecule has 3 N–H and O–H groups in total. The zero-order chi connectivity index (χ0) is 11.7. The van der Waals surface area contributed by atoms with Crippen molar-refractivity contribution >= 4 is 17.7 Å². The quantitative estimate of drug-likeness (QED) is 0.787. The molecular weight excluding hydrogens is 230 g/mol. The maximum absolute atomic E-state index is 10.7. The monoisotopic (exact) mass is 241 g/mol. The van der Waals surface area contributed by atoms with E-state index in [4.69, 9.17) is 22.1 Å². The van der Waals surface area contributed by atoms with Crippen molar-refractivity contribution in [2.45, 2.75) is 25.0 Å². The highest BCUT2D eigenvalue weighted by atomic mass is 35.5. The number of carbonyl (C=O) groups excluding carboxylic acids is 1. The molecule has 16 heavy (non-hydrogen) atoms. The maximum atomic E-state index is 10.7. The van der Waals surface area contributed by atoms with Gasteiger partial charge in [0, 0.05) is 5.02 Å². The summed E-state index contributed by atoms with van der Waals surface area (Å²) in [4.78, 5) is 10.7. The summed E-state index contributed by atoms with van der Waals surface area (Å²) >= 11 is 5.85. The molecule has 0 spiro atoms. The molecule has 1 aromatic carbocycles. The number of amides is 1. The highest BCUT2D eigenvalue weighted by Gasteiger charge is 2.30. The van der Waals surface area contributed by atoms with Gasteiger partial charge >= 0.3 is 6.09 Å². The van der Waals surface area contributed by atoms with Crippen LogP contribution in [0.25, 0.3) is 0 Å². The Kier molecular flexibility index (Phi) is 3.03. The molecule has 1 aromatic rings. The van der Waals surface area contributed by atoms with E-state index in [-0.39, 0.29) is 0 Å². The molecule has 5 heteroatoms. The van der Waals surface area contributed by atoms with Crippen LogP contribution in [0.4, 0.5) is 4.79 Å². The first-order chi connectivity index (χ1) is 7.58. The molecule has 1 aliphatic rings. The summed E-state index contributed by atoms with van der Waals surface area (Å²) in [6, 6.07) is 5.35. The lowest BCUT2D eigenvalue weighted by molar-refractivity contribution is -0.00520. The Morgan fingerprint density at radius 1 is 1.56 bits per heavy atom. The highest BCUT2D eigenvalue weighted by Crippen LogP contribution is 2.33. The minimum atomic E-state index is -0.866. The van der Waals surface area contributed by atoms with Gasteiger partial charge < -0.3 is 15.6 Å². The molecule has 0 heterocycles. The third-order valence-corrected chi connectivity index (χ3v) is 2.98. The molecule has 2 unspecified atom stereocenters. The lowest BCUT2D eigenvalue weighted by Crippen LogP contribution is -2.32. The van der Waals surface area contributed by atoms with E-state index in [0.717, 1.165) is 12.0 Å². The zero-order valence-electron chi connectivity index (χ0n) is 8.52. The molecule has 2 rings (SSSR count). The van der Waals surface area contributed by atoms with E-state index in [0.29, 0.717) is 17.0 Å². The van der Waals surface area contributed by atoms with E-state index in [1.165, 1.54) is 0 Å². The van der Waals surface area contributed by atoms with E-state index < -0.39 is 18.3 Å². The molecule has 4 nitrogen and oxygen atoms in total. The molecule has 2 atom stereocenters. The van der Waals surface area contributed by atoms with Gasteiger partial charge in [-0.2, -0.15) is 0 Å². The van der Waals surface area contributed by atoms with Crippen LogP contribution in [0.15, 0.2) is 18.2 Å². The fourth-order valence-electron chi connectivity index (χ4n) is 2.00. The van der Waals surface area contributed by atoms with Crippen LogP contribution in [0.5, 0.6) is 0 Å². The van der Waals surface area contributed by atoms with Gasteiger partial charge in [-0.1, -0.05) is 17.7 Å². The van der Waals surface area contributed by atoms with E-state index in [2.05, 4.69) is 0 Å². The van der Waals surface area contributed by atoms with E-state index in [9.17, 15) is 9.90 Å². The van der Waals surface area contributed by atoms with Crippen LogP contribution < -0.4 is 5.73 Å². The van der Waals surface area contributed by atoms with Crippen LogP contribution in [-0.4, -0.2) is 17.3 Å². The molecule has 0 saturated carbocycles. The van der Waals surface area contributed by atoms with Crippen LogP contribution >= 0.6 is 11.6 Å². The Morgan fingerprint density at radius 3 is 3.00 bits per heavy atom. The Hall–Kier alpha value is -1.26. The van der Waals surface area contributed by atoms with Crippen molar-refractivity contribution in [2.75, 3.05) is 0 Å². The number of ether oxygens (including phenoxy) is 1. The van der Waals surface area contributed by atoms with Crippen LogP contribution in [0, 0.1) is 0 Å². The minimum Gasteiger partial charge on any atom is -0.443 e. The largest absolute Gasteiger partial charge is 0.443 e. The molecule has 1 aliphatic carbocycles. The highest BCUT2D eigenvalue weighted by molar-refractivity contribution is 6.30. The van der Waals surface area contributed by atoms with Crippen LogP contribution in [0.3, 0.4) is 0 Å². The van der Waals surface area contributed by atoms with E-state index in [1.54, 1.807) is 12.1 Å². The maximum Gasteiger partial charge on any atom is 0.404 e. The number of hydrogen-bond acceptors (Lipinski definition) is 3. The van der Waals surface area contributed by atoms with Crippen molar-refractivity contribution in [3.8, 4) is 0 Å². The van der Waals surface area contributed by atoms with Gasteiger partial charge in [-0.15, -0.1) is 0 Å². The number of rotatable bonds is 1. The molecule has 0 saturated heterocycles. The number of benzene rings is 1. The number of nitrogens with two attached hydrogens (primary N) is 1. The number of aryl methyl sites for hydroxylation is 1.